The number of nitriles is 1. The van der Waals surface area contributed by atoms with Crippen LogP contribution in [0.1, 0.15) is 6.42 Å². The zero-order valence-corrected chi connectivity index (χ0v) is 9.71. The van der Waals surface area contributed by atoms with Crippen molar-refractivity contribution in [1.29, 1.82) is 5.26 Å². The number of hydrogen-bond acceptors (Lipinski definition) is 2. The van der Waals surface area contributed by atoms with E-state index in [1.807, 2.05) is 18.0 Å². The Bertz CT molecular complexity index is 431. The van der Waals surface area contributed by atoms with Gasteiger partial charge in [0.05, 0.1) is 17.0 Å². The SMILES string of the molecule is CN1C=C(C#N)[C@H](C2=C(F)C(Cl)CC=C2)C1. The van der Waals surface area contributed by atoms with Crippen molar-refractivity contribution in [1.82, 2.24) is 4.90 Å². The standard InChI is InChI=1S/C12H12ClFN2/c1-16-6-8(5-15)10(7-16)9-3-2-4-11(13)12(9)14/h2-3,6,10-11H,4,7H2,1H3/t10-,11?/m1/s1. The Kier molecular flexibility index (Phi) is 3.02. The van der Waals surface area contributed by atoms with E-state index in [2.05, 4.69) is 6.07 Å². The van der Waals surface area contributed by atoms with Gasteiger partial charge in [-0.3, -0.25) is 0 Å². The molecular formula is C12H12ClFN2. The third-order valence-corrected chi connectivity index (χ3v) is 3.27. The molecule has 4 heteroatoms. The molecule has 0 spiro atoms. The minimum atomic E-state index is -0.578. The van der Waals surface area contributed by atoms with E-state index in [1.54, 1.807) is 12.3 Å². The smallest absolute Gasteiger partial charge is 0.122 e. The predicted octanol–water partition coefficient (Wildman–Crippen LogP) is 2.75. The molecule has 1 heterocycles. The van der Waals surface area contributed by atoms with Gasteiger partial charge in [0, 0.05) is 25.7 Å². The topological polar surface area (TPSA) is 27.0 Å². The first-order chi connectivity index (χ1) is 7.63. The van der Waals surface area contributed by atoms with E-state index >= 15 is 0 Å². The van der Waals surface area contributed by atoms with Crippen LogP contribution in [-0.2, 0) is 0 Å². The Morgan fingerprint density at radius 2 is 2.38 bits per heavy atom. The summed E-state index contributed by atoms with van der Waals surface area (Å²) >= 11 is 5.87. The molecule has 0 bridgehead atoms. The highest BCUT2D eigenvalue weighted by Crippen LogP contribution is 2.35. The van der Waals surface area contributed by atoms with Crippen LogP contribution in [0.5, 0.6) is 0 Å². The van der Waals surface area contributed by atoms with Gasteiger partial charge >= 0.3 is 0 Å². The average Bonchev–Trinajstić information content (AvgIpc) is 2.63. The first-order valence-corrected chi connectivity index (χ1v) is 5.59. The van der Waals surface area contributed by atoms with Crippen LogP contribution in [0, 0.1) is 17.2 Å². The van der Waals surface area contributed by atoms with E-state index in [0.717, 1.165) is 0 Å². The van der Waals surface area contributed by atoms with Crippen LogP contribution in [0.4, 0.5) is 4.39 Å². The molecule has 2 aliphatic rings. The molecule has 0 amide bonds. The molecule has 0 N–H and O–H groups in total. The lowest BCUT2D eigenvalue weighted by molar-refractivity contribution is 0.451. The molecule has 84 valence electrons. The Hall–Kier alpha value is -1.27. The van der Waals surface area contributed by atoms with Crippen molar-refractivity contribution < 1.29 is 4.39 Å². The van der Waals surface area contributed by atoms with Gasteiger partial charge in [-0.15, -0.1) is 11.6 Å². The van der Waals surface area contributed by atoms with Gasteiger partial charge in [0.2, 0.25) is 0 Å². The third kappa shape index (κ3) is 1.85. The van der Waals surface area contributed by atoms with Crippen LogP contribution in [0.25, 0.3) is 0 Å². The number of halogens is 2. The Morgan fingerprint density at radius 3 is 3.06 bits per heavy atom. The predicted molar refractivity (Wildman–Crippen MR) is 61.3 cm³/mol. The first-order valence-electron chi connectivity index (χ1n) is 5.15. The second-order valence-electron chi connectivity index (χ2n) is 4.10. The first kappa shape index (κ1) is 11.2. The maximum atomic E-state index is 13.9. The van der Waals surface area contributed by atoms with Gasteiger partial charge < -0.3 is 4.90 Å². The lowest BCUT2D eigenvalue weighted by atomic mass is 9.89. The molecule has 0 radical (unpaired) electrons. The molecule has 2 nitrogen and oxygen atoms in total. The fourth-order valence-electron chi connectivity index (χ4n) is 2.10. The fraction of sp³-hybridized carbons (Fsp3) is 0.417. The average molecular weight is 239 g/mol. The van der Waals surface area contributed by atoms with Gasteiger partial charge in [-0.2, -0.15) is 5.26 Å². The lowest BCUT2D eigenvalue weighted by Crippen LogP contribution is -2.18. The van der Waals surface area contributed by atoms with E-state index in [0.29, 0.717) is 24.1 Å². The monoisotopic (exact) mass is 238 g/mol. The zero-order chi connectivity index (χ0) is 11.7. The number of alkyl halides is 1. The van der Waals surface area contributed by atoms with Crippen molar-refractivity contribution in [3.05, 3.63) is 35.3 Å². The Labute approximate surface area is 99.3 Å². The summed E-state index contributed by atoms with van der Waals surface area (Å²) in [4.78, 5) is 1.90. The number of hydrogen-bond donors (Lipinski definition) is 0. The summed E-state index contributed by atoms with van der Waals surface area (Å²) in [5.74, 6) is -0.460. The molecular weight excluding hydrogens is 227 g/mol. The van der Waals surface area contributed by atoms with E-state index in [1.165, 1.54) is 0 Å². The van der Waals surface area contributed by atoms with Gasteiger partial charge in [0.15, 0.2) is 0 Å². The largest absolute Gasteiger partial charge is 0.379 e. The van der Waals surface area contributed by atoms with Crippen molar-refractivity contribution in [2.75, 3.05) is 13.6 Å². The molecule has 1 aliphatic heterocycles. The number of nitrogens with zero attached hydrogens (tertiary/aromatic N) is 2. The van der Waals surface area contributed by atoms with Crippen LogP contribution < -0.4 is 0 Å². The van der Waals surface area contributed by atoms with Crippen LogP contribution >= 0.6 is 11.6 Å². The molecule has 0 aromatic rings. The summed E-state index contributed by atoms with van der Waals surface area (Å²) in [5, 5.41) is 8.41. The molecule has 0 saturated heterocycles. The summed E-state index contributed by atoms with van der Waals surface area (Å²) in [5.41, 5.74) is 1.16. The highest BCUT2D eigenvalue weighted by Gasteiger charge is 2.30. The van der Waals surface area contributed by atoms with Crippen molar-refractivity contribution in [3.8, 4) is 6.07 Å². The molecule has 16 heavy (non-hydrogen) atoms. The van der Waals surface area contributed by atoms with Gasteiger partial charge in [0.25, 0.3) is 0 Å². The maximum Gasteiger partial charge on any atom is 0.122 e. The lowest BCUT2D eigenvalue weighted by Gasteiger charge is -2.20. The van der Waals surface area contributed by atoms with Gasteiger partial charge in [-0.1, -0.05) is 12.2 Å². The molecule has 0 aromatic heterocycles. The van der Waals surface area contributed by atoms with Crippen LogP contribution in [0.15, 0.2) is 35.3 Å². The van der Waals surface area contributed by atoms with E-state index in [9.17, 15) is 4.39 Å². The summed E-state index contributed by atoms with van der Waals surface area (Å²) < 4.78 is 13.9. The van der Waals surface area contributed by atoms with E-state index in [4.69, 9.17) is 16.9 Å². The highest BCUT2D eigenvalue weighted by molar-refractivity contribution is 6.22. The van der Waals surface area contributed by atoms with Crippen LogP contribution in [-0.4, -0.2) is 23.9 Å². The molecule has 2 rings (SSSR count). The third-order valence-electron chi connectivity index (χ3n) is 2.90. The Balaban J connectivity index is 2.33. The van der Waals surface area contributed by atoms with Crippen molar-refractivity contribution in [2.24, 2.45) is 5.92 Å². The molecule has 1 aliphatic carbocycles. The van der Waals surface area contributed by atoms with Gasteiger partial charge in [-0.25, -0.2) is 4.39 Å². The normalized spacial score (nSPS) is 29.4. The van der Waals surface area contributed by atoms with E-state index in [-0.39, 0.29) is 11.7 Å². The molecule has 2 atom stereocenters. The minimum absolute atomic E-state index is 0.173. The summed E-state index contributed by atoms with van der Waals surface area (Å²) in [7, 11) is 1.88. The van der Waals surface area contributed by atoms with Gasteiger partial charge in [-0.05, 0) is 12.0 Å². The highest BCUT2D eigenvalue weighted by atomic mass is 35.5. The van der Waals surface area contributed by atoms with Gasteiger partial charge in [0.1, 0.15) is 5.83 Å². The molecule has 1 unspecified atom stereocenters. The van der Waals surface area contributed by atoms with Crippen molar-refractivity contribution in [2.45, 2.75) is 11.8 Å². The molecule has 0 aromatic carbocycles. The summed E-state index contributed by atoms with van der Waals surface area (Å²) in [6, 6.07) is 2.12. The Morgan fingerprint density at radius 1 is 1.62 bits per heavy atom. The quantitative estimate of drug-likeness (QED) is 0.657. The molecule has 0 saturated carbocycles. The second-order valence-corrected chi connectivity index (χ2v) is 4.62. The second kappa shape index (κ2) is 4.31. The van der Waals surface area contributed by atoms with Crippen molar-refractivity contribution >= 4 is 11.6 Å². The fourth-order valence-corrected chi connectivity index (χ4v) is 2.33. The maximum absolute atomic E-state index is 13.9. The van der Waals surface area contributed by atoms with E-state index < -0.39 is 5.38 Å². The summed E-state index contributed by atoms with van der Waals surface area (Å²) in [6.07, 6.45) is 5.90. The number of rotatable bonds is 1. The van der Waals surface area contributed by atoms with Crippen LogP contribution in [0.2, 0.25) is 0 Å². The van der Waals surface area contributed by atoms with Crippen molar-refractivity contribution in [3.63, 3.8) is 0 Å². The molecule has 0 fully saturated rings. The van der Waals surface area contributed by atoms with Crippen LogP contribution in [0.3, 0.4) is 0 Å². The number of allylic oxidation sites excluding steroid dienone is 3. The minimum Gasteiger partial charge on any atom is -0.379 e. The summed E-state index contributed by atoms with van der Waals surface area (Å²) in [6.45, 7) is 0.638. The zero-order valence-electron chi connectivity index (χ0n) is 8.95.